The number of ether oxygens (including phenoxy) is 1. The standard InChI is InChI=1S/C10H7ClO3/c1-10(11)8(12)6-4-2-3-5-7(6)14-9(10)13/h2-5H,1H3. The van der Waals surface area contributed by atoms with Gasteiger partial charge in [-0.25, -0.2) is 4.79 Å². The molecule has 0 aliphatic carbocycles. The van der Waals surface area contributed by atoms with Gasteiger partial charge in [0.15, 0.2) is 5.78 Å². The van der Waals surface area contributed by atoms with Gasteiger partial charge >= 0.3 is 5.97 Å². The molecule has 72 valence electrons. The lowest BCUT2D eigenvalue weighted by Crippen LogP contribution is -2.44. The molecule has 1 aliphatic rings. The number of rotatable bonds is 0. The molecule has 2 rings (SSSR count). The lowest BCUT2D eigenvalue weighted by Gasteiger charge is -2.25. The van der Waals surface area contributed by atoms with Crippen molar-refractivity contribution >= 4 is 23.4 Å². The first-order valence-corrected chi connectivity index (χ1v) is 4.46. The first kappa shape index (κ1) is 9.21. The highest BCUT2D eigenvalue weighted by Gasteiger charge is 2.46. The molecule has 0 saturated carbocycles. The number of para-hydroxylation sites is 1. The van der Waals surface area contributed by atoms with Gasteiger partial charge in [0.05, 0.1) is 5.56 Å². The summed E-state index contributed by atoms with van der Waals surface area (Å²) in [5, 5.41) is 0. The van der Waals surface area contributed by atoms with Crippen LogP contribution in [0.5, 0.6) is 5.75 Å². The molecule has 1 atom stereocenters. The van der Waals surface area contributed by atoms with Crippen molar-refractivity contribution in [2.75, 3.05) is 0 Å². The van der Waals surface area contributed by atoms with Gasteiger partial charge in [-0.15, -0.1) is 0 Å². The summed E-state index contributed by atoms with van der Waals surface area (Å²) >= 11 is 5.78. The zero-order valence-corrected chi connectivity index (χ0v) is 8.17. The molecular weight excluding hydrogens is 204 g/mol. The van der Waals surface area contributed by atoms with Gasteiger partial charge in [0.25, 0.3) is 0 Å². The quantitative estimate of drug-likeness (QED) is 0.284. The van der Waals surface area contributed by atoms with E-state index in [1.165, 1.54) is 6.92 Å². The number of ketones is 1. The number of hydrogen-bond donors (Lipinski definition) is 0. The summed E-state index contributed by atoms with van der Waals surface area (Å²) in [5.74, 6) is -0.852. The molecule has 0 radical (unpaired) electrons. The van der Waals surface area contributed by atoms with E-state index < -0.39 is 16.6 Å². The van der Waals surface area contributed by atoms with Gasteiger partial charge in [-0.1, -0.05) is 23.7 Å². The van der Waals surface area contributed by atoms with Gasteiger partial charge in [0.2, 0.25) is 4.87 Å². The minimum absolute atomic E-state index is 0.278. The average Bonchev–Trinajstić information content (AvgIpc) is 2.15. The van der Waals surface area contributed by atoms with E-state index in [1.807, 2.05) is 0 Å². The van der Waals surface area contributed by atoms with Crippen LogP contribution in [-0.4, -0.2) is 16.6 Å². The number of benzene rings is 1. The molecule has 1 aliphatic heterocycles. The molecule has 3 nitrogen and oxygen atoms in total. The predicted molar refractivity (Wildman–Crippen MR) is 50.7 cm³/mol. The second-order valence-electron chi connectivity index (χ2n) is 3.22. The molecule has 0 N–H and O–H groups in total. The number of hydrogen-bond acceptors (Lipinski definition) is 3. The fourth-order valence-electron chi connectivity index (χ4n) is 1.28. The Balaban J connectivity index is 2.61. The Morgan fingerprint density at radius 1 is 1.29 bits per heavy atom. The molecule has 4 heteroatoms. The Labute approximate surface area is 85.6 Å². The van der Waals surface area contributed by atoms with Crippen LogP contribution in [0.1, 0.15) is 17.3 Å². The Bertz CT molecular complexity index is 423. The summed E-state index contributed by atoms with van der Waals surface area (Å²) in [4.78, 5) is 21.4. The van der Waals surface area contributed by atoms with E-state index in [1.54, 1.807) is 24.3 Å². The van der Waals surface area contributed by atoms with Gasteiger partial charge in [-0.2, -0.15) is 0 Å². The Hall–Kier alpha value is -1.35. The Morgan fingerprint density at radius 3 is 2.64 bits per heavy atom. The number of esters is 1. The van der Waals surface area contributed by atoms with Crippen LogP contribution in [0, 0.1) is 0 Å². The van der Waals surface area contributed by atoms with Crippen molar-refractivity contribution in [1.29, 1.82) is 0 Å². The normalized spacial score (nSPS) is 25.6. The van der Waals surface area contributed by atoms with E-state index in [9.17, 15) is 9.59 Å². The molecule has 0 saturated heterocycles. The molecule has 0 spiro atoms. The zero-order chi connectivity index (χ0) is 10.3. The number of alkyl halides is 1. The van der Waals surface area contributed by atoms with Crippen molar-refractivity contribution in [3.8, 4) is 5.75 Å². The summed E-state index contributed by atoms with van der Waals surface area (Å²) in [6.07, 6.45) is 0. The highest BCUT2D eigenvalue weighted by atomic mass is 35.5. The number of carbonyl (C=O) groups is 2. The first-order chi connectivity index (χ1) is 6.53. The molecular formula is C10H7ClO3. The van der Waals surface area contributed by atoms with Gasteiger partial charge in [-0.05, 0) is 19.1 Å². The highest BCUT2D eigenvalue weighted by molar-refractivity contribution is 6.49. The third kappa shape index (κ3) is 1.13. The van der Waals surface area contributed by atoms with Gasteiger partial charge in [0.1, 0.15) is 5.75 Å². The summed E-state index contributed by atoms with van der Waals surface area (Å²) in [5.41, 5.74) is 0.351. The van der Waals surface area contributed by atoms with Crippen molar-refractivity contribution in [2.45, 2.75) is 11.8 Å². The van der Waals surface area contributed by atoms with Crippen molar-refractivity contribution < 1.29 is 14.3 Å². The van der Waals surface area contributed by atoms with Crippen LogP contribution in [-0.2, 0) is 4.79 Å². The molecule has 14 heavy (non-hydrogen) atoms. The molecule has 0 fully saturated rings. The van der Waals surface area contributed by atoms with Gasteiger partial charge < -0.3 is 4.74 Å². The Kier molecular flexibility index (Phi) is 1.86. The van der Waals surface area contributed by atoms with E-state index in [2.05, 4.69) is 0 Å². The van der Waals surface area contributed by atoms with Crippen LogP contribution in [0.2, 0.25) is 0 Å². The topological polar surface area (TPSA) is 43.4 Å². The van der Waals surface area contributed by atoms with Crippen LogP contribution in [0.15, 0.2) is 24.3 Å². The fourth-order valence-corrected chi connectivity index (χ4v) is 1.42. The maximum atomic E-state index is 11.7. The summed E-state index contributed by atoms with van der Waals surface area (Å²) in [6, 6.07) is 6.54. The molecule has 1 aromatic rings. The van der Waals surface area contributed by atoms with Crippen LogP contribution in [0.4, 0.5) is 0 Å². The van der Waals surface area contributed by atoms with Gasteiger partial charge in [-0.3, -0.25) is 4.79 Å². The number of Topliss-reactive ketones (excluding diaryl/α,β-unsaturated/α-hetero) is 1. The van der Waals surface area contributed by atoms with Crippen molar-refractivity contribution in [3.05, 3.63) is 29.8 Å². The minimum Gasteiger partial charge on any atom is -0.424 e. The fraction of sp³-hybridized carbons (Fsp3) is 0.200. The smallest absolute Gasteiger partial charge is 0.340 e. The van der Waals surface area contributed by atoms with E-state index in [0.29, 0.717) is 5.56 Å². The van der Waals surface area contributed by atoms with Crippen molar-refractivity contribution in [2.24, 2.45) is 0 Å². The monoisotopic (exact) mass is 210 g/mol. The molecule has 0 aromatic heterocycles. The summed E-state index contributed by atoms with van der Waals surface area (Å²) in [6.45, 7) is 1.34. The summed E-state index contributed by atoms with van der Waals surface area (Å²) < 4.78 is 4.93. The van der Waals surface area contributed by atoms with E-state index in [-0.39, 0.29) is 5.75 Å². The SMILES string of the molecule is CC1(Cl)C(=O)Oc2ccccc2C1=O. The molecule has 0 amide bonds. The largest absolute Gasteiger partial charge is 0.424 e. The van der Waals surface area contributed by atoms with Crippen LogP contribution >= 0.6 is 11.6 Å². The third-order valence-corrected chi connectivity index (χ3v) is 2.47. The predicted octanol–water partition coefficient (Wildman–Crippen LogP) is 1.79. The van der Waals surface area contributed by atoms with E-state index in [4.69, 9.17) is 16.3 Å². The second kappa shape index (κ2) is 2.82. The number of halogens is 1. The lowest BCUT2D eigenvalue weighted by molar-refractivity contribution is -0.136. The van der Waals surface area contributed by atoms with Crippen molar-refractivity contribution in [1.82, 2.24) is 0 Å². The molecule has 1 aromatic carbocycles. The summed E-state index contributed by atoms with van der Waals surface area (Å²) in [7, 11) is 0. The van der Waals surface area contributed by atoms with Crippen LogP contribution in [0.25, 0.3) is 0 Å². The highest BCUT2D eigenvalue weighted by Crippen LogP contribution is 2.33. The molecule has 1 heterocycles. The maximum absolute atomic E-state index is 11.7. The molecule has 1 unspecified atom stereocenters. The minimum atomic E-state index is -1.59. The zero-order valence-electron chi connectivity index (χ0n) is 7.41. The van der Waals surface area contributed by atoms with E-state index >= 15 is 0 Å². The molecule has 0 bridgehead atoms. The third-order valence-electron chi connectivity index (χ3n) is 2.14. The van der Waals surface area contributed by atoms with E-state index in [0.717, 1.165) is 0 Å². The maximum Gasteiger partial charge on any atom is 0.340 e. The number of carbonyl (C=O) groups excluding carboxylic acids is 2. The van der Waals surface area contributed by atoms with Crippen molar-refractivity contribution in [3.63, 3.8) is 0 Å². The van der Waals surface area contributed by atoms with Crippen LogP contribution in [0.3, 0.4) is 0 Å². The first-order valence-electron chi connectivity index (χ1n) is 4.08. The number of fused-ring (bicyclic) bond motifs is 1. The lowest BCUT2D eigenvalue weighted by atomic mass is 9.95. The second-order valence-corrected chi connectivity index (χ2v) is 3.97. The van der Waals surface area contributed by atoms with Gasteiger partial charge in [0, 0.05) is 0 Å². The Morgan fingerprint density at radius 2 is 1.93 bits per heavy atom. The van der Waals surface area contributed by atoms with Crippen LogP contribution < -0.4 is 4.74 Å². The average molecular weight is 211 g/mol.